The van der Waals surface area contributed by atoms with E-state index in [1.54, 1.807) is 0 Å². The molecule has 17 heavy (non-hydrogen) atoms. The van der Waals surface area contributed by atoms with Crippen LogP contribution in [0.4, 0.5) is 0 Å². The van der Waals surface area contributed by atoms with Crippen LogP contribution in [-0.4, -0.2) is 18.9 Å². The first kappa shape index (κ1) is 13.7. The minimum atomic E-state index is -4.45. The van der Waals surface area contributed by atoms with Crippen LogP contribution in [0.15, 0.2) is 29.2 Å². The smallest absolute Gasteiger partial charge is 0.124 e. The molecule has 0 aliphatic heterocycles. The molecule has 1 atom stereocenters. The topological polar surface area (TPSA) is 97.3 Å². The van der Waals surface area contributed by atoms with E-state index in [1.165, 1.54) is 24.3 Å². The number of carbonyl (C=O) groups is 1. The molecular weight excluding hydrogens is 244 g/mol. The molecule has 0 saturated carbocycles. The summed E-state index contributed by atoms with van der Waals surface area (Å²) in [4.78, 5) is 10.2. The van der Waals surface area contributed by atoms with Crippen LogP contribution in [0.5, 0.6) is 0 Å². The van der Waals surface area contributed by atoms with Crippen molar-refractivity contribution in [2.24, 2.45) is 0 Å². The Hall–Kier alpha value is -1.40. The van der Waals surface area contributed by atoms with Gasteiger partial charge in [-0.3, -0.25) is 0 Å². The maximum absolute atomic E-state index is 10.7. The Morgan fingerprint density at radius 3 is 2.18 bits per heavy atom. The summed E-state index contributed by atoms with van der Waals surface area (Å²) >= 11 is 0. The van der Waals surface area contributed by atoms with Gasteiger partial charge in [-0.05, 0) is 36.5 Å². The van der Waals surface area contributed by atoms with Gasteiger partial charge in [0.1, 0.15) is 10.1 Å². The molecular formula is C11H12O5S-2. The van der Waals surface area contributed by atoms with Crippen molar-refractivity contribution < 1.29 is 22.9 Å². The van der Waals surface area contributed by atoms with E-state index in [-0.39, 0.29) is 17.2 Å². The van der Waals surface area contributed by atoms with Crippen LogP contribution in [0.3, 0.4) is 0 Å². The van der Waals surface area contributed by atoms with Gasteiger partial charge in [0.05, 0.1) is 4.90 Å². The maximum Gasteiger partial charge on any atom is 0.124 e. The summed E-state index contributed by atoms with van der Waals surface area (Å²) < 4.78 is 32.1. The summed E-state index contributed by atoms with van der Waals surface area (Å²) in [5.74, 6) is -1.39. The molecule has 0 N–H and O–H groups in total. The van der Waals surface area contributed by atoms with Crippen LogP contribution >= 0.6 is 0 Å². The number of carboxylic acid groups (broad SMARTS) is 1. The summed E-state index contributed by atoms with van der Waals surface area (Å²) in [6.45, 7) is 1.83. The minimum absolute atomic E-state index is 0.125. The van der Waals surface area contributed by atoms with Gasteiger partial charge in [0.2, 0.25) is 0 Å². The van der Waals surface area contributed by atoms with Crippen molar-refractivity contribution in [3.05, 3.63) is 29.8 Å². The number of hydrogen-bond donors (Lipinski definition) is 0. The zero-order chi connectivity index (χ0) is 13.1. The second-order valence-corrected chi connectivity index (χ2v) is 5.08. The van der Waals surface area contributed by atoms with Crippen molar-refractivity contribution in [2.45, 2.75) is 30.6 Å². The summed E-state index contributed by atoms with van der Waals surface area (Å²) in [6.07, 6.45) is 0.470. The highest BCUT2D eigenvalue weighted by Crippen LogP contribution is 2.24. The van der Waals surface area contributed by atoms with Gasteiger partial charge >= 0.3 is 0 Å². The fourth-order valence-electron chi connectivity index (χ4n) is 1.61. The van der Waals surface area contributed by atoms with E-state index < -0.39 is 16.1 Å². The van der Waals surface area contributed by atoms with Gasteiger partial charge in [-0.15, -0.1) is 0 Å². The van der Waals surface area contributed by atoms with Crippen LogP contribution < -0.4 is 5.11 Å². The number of carboxylic acids is 1. The van der Waals surface area contributed by atoms with Gasteiger partial charge in [-0.1, -0.05) is 19.1 Å². The molecule has 6 heteroatoms. The lowest BCUT2D eigenvalue weighted by atomic mass is 9.93. The normalized spacial score (nSPS) is 13.3. The molecule has 1 rings (SSSR count). The van der Waals surface area contributed by atoms with Gasteiger partial charge in [-0.2, -0.15) is 0 Å². The lowest BCUT2D eigenvalue weighted by molar-refractivity contribution is -0.306. The summed E-state index contributed by atoms with van der Waals surface area (Å²) in [5.41, 5.74) is 0.684. The molecule has 0 radical (unpaired) electrons. The molecule has 0 fully saturated rings. The lowest BCUT2D eigenvalue weighted by Gasteiger charge is -2.16. The Morgan fingerprint density at radius 2 is 1.82 bits per heavy atom. The molecule has 1 aromatic rings. The SMILES string of the molecule is CCC(CC(=O)[O-])c1ccc(S(=O)(=O)[O-])cc1. The molecule has 0 aliphatic rings. The first-order valence-corrected chi connectivity index (χ1v) is 6.51. The van der Waals surface area contributed by atoms with Crippen molar-refractivity contribution in [1.82, 2.24) is 0 Å². The summed E-state index contributed by atoms with van der Waals surface area (Å²) in [7, 11) is -4.45. The highest BCUT2D eigenvalue weighted by Gasteiger charge is 2.10. The third-order valence-electron chi connectivity index (χ3n) is 2.55. The van der Waals surface area contributed by atoms with Crippen molar-refractivity contribution in [2.75, 3.05) is 0 Å². The molecule has 0 aromatic heterocycles. The fourth-order valence-corrected chi connectivity index (χ4v) is 2.08. The van der Waals surface area contributed by atoms with Gasteiger partial charge in [0, 0.05) is 5.97 Å². The Balaban J connectivity index is 2.97. The molecule has 94 valence electrons. The second-order valence-electron chi connectivity index (χ2n) is 3.70. The Bertz CT molecular complexity index is 489. The predicted octanol–water partition coefficient (Wildman–Crippen LogP) is 0.224. The van der Waals surface area contributed by atoms with E-state index in [0.717, 1.165) is 0 Å². The van der Waals surface area contributed by atoms with Gasteiger partial charge in [0.25, 0.3) is 0 Å². The summed E-state index contributed by atoms with van der Waals surface area (Å²) in [6, 6.07) is 5.30. The van der Waals surface area contributed by atoms with E-state index >= 15 is 0 Å². The Labute approximate surface area is 99.8 Å². The first-order valence-electron chi connectivity index (χ1n) is 5.10. The van der Waals surface area contributed by atoms with Crippen molar-refractivity contribution in [3.8, 4) is 0 Å². The van der Waals surface area contributed by atoms with Crippen molar-refractivity contribution >= 4 is 16.1 Å². The first-order chi connectivity index (χ1) is 7.84. The zero-order valence-corrected chi connectivity index (χ0v) is 10.1. The summed E-state index contributed by atoms with van der Waals surface area (Å²) in [5, 5.41) is 10.5. The molecule has 5 nitrogen and oxygen atoms in total. The quantitative estimate of drug-likeness (QED) is 0.702. The number of hydrogen-bond acceptors (Lipinski definition) is 5. The zero-order valence-electron chi connectivity index (χ0n) is 9.25. The molecule has 0 heterocycles. The van der Waals surface area contributed by atoms with Crippen molar-refractivity contribution in [1.29, 1.82) is 0 Å². The molecule has 0 bridgehead atoms. The van der Waals surface area contributed by atoms with Gasteiger partial charge in [0.15, 0.2) is 0 Å². The van der Waals surface area contributed by atoms with E-state index in [4.69, 9.17) is 0 Å². The molecule has 0 amide bonds. The van der Waals surface area contributed by atoms with Gasteiger partial charge < -0.3 is 14.5 Å². The third-order valence-corrected chi connectivity index (χ3v) is 3.40. The predicted molar refractivity (Wildman–Crippen MR) is 57.1 cm³/mol. The average Bonchev–Trinajstić information content (AvgIpc) is 2.24. The van der Waals surface area contributed by atoms with Crippen LogP contribution in [0, 0.1) is 0 Å². The second kappa shape index (κ2) is 5.29. The highest BCUT2D eigenvalue weighted by atomic mass is 32.2. The lowest BCUT2D eigenvalue weighted by Crippen LogP contribution is -2.24. The molecule has 0 spiro atoms. The van der Waals surface area contributed by atoms with E-state index in [9.17, 15) is 22.9 Å². The Morgan fingerprint density at radius 1 is 1.29 bits per heavy atom. The molecule has 1 unspecified atom stereocenters. The third kappa shape index (κ3) is 3.83. The minimum Gasteiger partial charge on any atom is -0.744 e. The maximum atomic E-state index is 10.7. The number of benzene rings is 1. The van der Waals surface area contributed by atoms with Crippen LogP contribution in [-0.2, 0) is 14.9 Å². The fraction of sp³-hybridized carbons (Fsp3) is 0.364. The average molecular weight is 256 g/mol. The largest absolute Gasteiger partial charge is 0.744 e. The molecule has 0 saturated heterocycles. The van der Waals surface area contributed by atoms with E-state index in [0.29, 0.717) is 12.0 Å². The molecule has 1 aromatic carbocycles. The van der Waals surface area contributed by atoms with Gasteiger partial charge in [-0.25, -0.2) is 8.42 Å². The van der Waals surface area contributed by atoms with Crippen LogP contribution in [0.1, 0.15) is 31.2 Å². The number of aliphatic carboxylic acids is 1. The molecule has 0 aliphatic carbocycles. The number of carbonyl (C=O) groups excluding carboxylic acids is 1. The van der Waals surface area contributed by atoms with Crippen LogP contribution in [0.25, 0.3) is 0 Å². The standard InChI is InChI=1S/C11H14O5S/c1-2-8(7-11(12)13)9-3-5-10(6-4-9)17(14,15)16/h3-6,8H,2,7H2,1H3,(H,12,13)(H,14,15,16)/p-2. The van der Waals surface area contributed by atoms with E-state index in [2.05, 4.69) is 0 Å². The highest BCUT2D eigenvalue weighted by molar-refractivity contribution is 7.85. The van der Waals surface area contributed by atoms with Crippen molar-refractivity contribution in [3.63, 3.8) is 0 Å². The number of rotatable bonds is 5. The monoisotopic (exact) mass is 256 g/mol. The van der Waals surface area contributed by atoms with E-state index in [1.807, 2.05) is 6.92 Å². The Kier molecular flexibility index (Phi) is 4.25. The van der Waals surface area contributed by atoms with Crippen LogP contribution in [0.2, 0.25) is 0 Å².